The predicted octanol–water partition coefficient (Wildman–Crippen LogP) is 0.237. The van der Waals surface area contributed by atoms with E-state index in [9.17, 15) is 0 Å². The van der Waals surface area contributed by atoms with Crippen molar-refractivity contribution in [1.82, 2.24) is 0 Å². The highest BCUT2D eigenvalue weighted by Gasteiger charge is 1.63. The highest BCUT2D eigenvalue weighted by atomic mass is 16.6. The van der Waals surface area contributed by atoms with Crippen LogP contribution in [0, 0.1) is 0 Å². The molecule has 0 aromatic rings. The summed E-state index contributed by atoms with van der Waals surface area (Å²) in [6.07, 6.45) is 0. The Morgan fingerprint density at radius 2 is 2.00 bits per heavy atom. The summed E-state index contributed by atoms with van der Waals surface area (Å²) in [5, 5.41) is 0. The minimum Gasteiger partial charge on any atom is -0.359 e. The van der Waals surface area contributed by atoms with Crippen molar-refractivity contribution in [3.05, 3.63) is 0 Å². The van der Waals surface area contributed by atoms with Crippen molar-refractivity contribution in [3.8, 4) is 0 Å². The molecule has 0 saturated carbocycles. The Hall–Kier alpha value is -0.0800. The van der Waals surface area contributed by atoms with Gasteiger partial charge >= 0.3 is 0 Å². The second kappa shape index (κ2) is 3.92. The summed E-state index contributed by atoms with van der Waals surface area (Å²) in [5.41, 5.74) is 0. The maximum absolute atomic E-state index is 6.62. The second-order valence-corrected chi connectivity index (χ2v) is 0.568. The Morgan fingerprint density at radius 3 is 2.00 bits per heavy atom. The first-order valence-electron chi connectivity index (χ1n) is 1.87. The van der Waals surface area contributed by atoms with E-state index >= 15 is 0 Å². The molecule has 0 unspecified atom stereocenters. The smallest absolute Gasteiger partial charge is 0.145 e. The zero-order valence-electron chi connectivity index (χ0n) is 4.39. The van der Waals surface area contributed by atoms with Gasteiger partial charge in [-0.3, -0.25) is 0 Å². The van der Waals surface area contributed by atoms with Crippen LogP contribution >= 0.6 is 0 Å². The minimum atomic E-state index is -0.815. The molecule has 0 bridgehead atoms. The first-order valence-corrected chi connectivity index (χ1v) is 1.29. The second-order valence-electron chi connectivity index (χ2n) is 0.568. The summed E-state index contributed by atoms with van der Waals surface area (Å²) >= 11 is 0. The molecule has 0 rings (SSSR count). The van der Waals surface area contributed by atoms with E-state index < -0.39 is 6.77 Å². The van der Waals surface area contributed by atoms with E-state index in [1.165, 1.54) is 14.2 Å². The summed E-state index contributed by atoms with van der Waals surface area (Å²) in [6, 6.07) is 0. The minimum absolute atomic E-state index is 0.815. The van der Waals surface area contributed by atoms with Crippen LogP contribution in [0.1, 0.15) is 1.37 Å². The van der Waals surface area contributed by atoms with Crippen LogP contribution in [0.15, 0.2) is 0 Å². The number of hydrogen-bond donors (Lipinski definition) is 0. The van der Waals surface area contributed by atoms with E-state index in [4.69, 9.17) is 1.37 Å². The largest absolute Gasteiger partial charge is 0.359 e. The lowest BCUT2D eigenvalue weighted by Gasteiger charge is -1.87. The molecule has 2 nitrogen and oxygen atoms in total. The molecule has 0 aromatic carbocycles. The fraction of sp³-hybridized carbons (Fsp3) is 1.00. The van der Waals surface area contributed by atoms with Crippen LogP contribution in [0.5, 0.6) is 0 Å². The fourth-order valence-corrected chi connectivity index (χ4v) is 0.0962. The van der Waals surface area contributed by atoms with E-state index in [0.29, 0.717) is 0 Å². The van der Waals surface area contributed by atoms with Gasteiger partial charge in [-0.15, -0.1) is 0 Å². The lowest BCUT2D eigenvalue weighted by Crippen LogP contribution is -1.87. The quantitative estimate of drug-likeness (QED) is 0.439. The summed E-state index contributed by atoms with van der Waals surface area (Å²) in [7, 11) is 2.84. The van der Waals surface area contributed by atoms with Gasteiger partial charge in [0.05, 0.1) is 1.37 Å². The monoisotopic (exact) mass is 77.1 g/mol. The topological polar surface area (TPSA) is 18.5 Å². The third-order valence-electron chi connectivity index (χ3n) is 0.192. The van der Waals surface area contributed by atoms with E-state index in [1.54, 1.807) is 0 Å². The summed E-state index contributed by atoms with van der Waals surface area (Å²) in [5.74, 6) is 0. The van der Waals surface area contributed by atoms with Gasteiger partial charge in [0.25, 0.3) is 0 Å². The van der Waals surface area contributed by atoms with E-state index in [-0.39, 0.29) is 0 Å². The van der Waals surface area contributed by atoms with E-state index in [2.05, 4.69) is 9.47 Å². The van der Waals surface area contributed by atoms with Crippen LogP contribution in [0.25, 0.3) is 0 Å². The zero-order chi connectivity index (χ0) is 4.99. The van der Waals surface area contributed by atoms with Gasteiger partial charge in [0.2, 0.25) is 0 Å². The van der Waals surface area contributed by atoms with Crippen LogP contribution < -0.4 is 0 Å². The fourth-order valence-electron chi connectivity index (χ4n) is 0.0962. The van der Waals surface area contributed by atoms with Crippen LogP contribution in [0.3, 0.4) is 0 Å². The Balaban J connectivity index is 2.75. The van der Waals surface area contributed by atoms with Gasteiger partial charge < -0.3 is 9.47 Å². The van der Waals surface area contributed by atoms with Gasteiger partial charge in [-0.2, -0.15) is 0 Å². The van der Waals surface area contributed by atoms with Crippen molar-refractivity contribution in [2.45, 2.75) is 0 Å². The third kappa shape index (κ3) is 3.92. The molecular formula is C3H8O2. The van der Waals surface area contributed by atoms with E-state index in [1.807, 2.05) is 0 Å². The average Bonchev–Trinajstić information content (AvgIpc) is 1.65. The zero-order valence-corrected chi connectivity index (χ0v) is 3.39. The summed E-state index contributed by atoms with van der Waals surface area (Å²) < 4.78 is 15.3. The number of ether oxygens (including phenoxy) is 2. The molecule has 5 heavy (non-hydrogen) atoms. The first-order chi connectivity index (χ1) is 2.81. The maximum atomic E-state index is 6.62. The molecule has 32 valence electrons. The SMILES string of the molecule is [2H]C(OC)OC. The van der Waals surface area contributed by atoms with Crippen molar-refractivity contribution in [1.29, 1.82) is 0 Å². The van der Waals surface area contributed by atoms with E-state index in [0.717, 1.165) is 0 Å². The lowest BCUT2D eigenvalue weighted by atomic mass is 11.4. The molecule has 0 fully saturated rings. The Morgan fingerprint density at radius 1 is 1.60 bits per heavy atom. The highest BCUT2D eigenvalue weighted by molar-refractivity contribution is 3.84. The molecule has 0 N–H and O–H groups in total. The normalized spacial score (nSPS) is 12.2. The molecule has 0 radical (unpaired) electrons. The van der Waals surface area contributed by atoms with Gasteiger partial charge in [-0.05, 0) is 0 Å². The van der Waals surface area contributed by atoms with Gasteiger partial charge in [0.1, 0.15) is 6.77 Å². The first kappa shape index (κ1) is 3.12. The Labute approximate surface area is 33.1 Å². The van der Waals surface area contributed by atoms with Crippen LogP contribution in [0.4, 0.5) is 0 Å². The molecule has 0 aliphatic heterocycles. The molecule has 0 aliphatic rings. The summed E-state index contributed by atoms with van der Waals surface area (Å²) in [6.45, 7) is -0.815. The van der Waals surface area contributed by atoms with Gasteiger partial charge in [0, 0.05) is 14.2 Å². The Kier molecular flexibility index (Phi) is 2.45. The van der Waals surface area contributed by atoms with Crippen LogP contribution in [-0.4, -0.2) is 21.0 Å². The number of methoxy groups -OCH3 is 2. The van der Waals surface area contributed by atoms with Crippen molar-refractivity contribution < 1.29 is 10.8 Å². The van der Waals surface area contributed by atoms with Crippen LogP contribution in [0.2, 0.25) is 0 Å². The van der Waals surface area contributed by atoms with Crippen molar-refractivity contribution in [2.75, 3.05) is 21.0 Å². The molecule has 0 heterocycles. The number of hydrogen-bond acceptors (Lipinski definition) is 2. The Bertz CT molecular complexity index is 28.0. The maximum Gasteiger partial charge on any atom is 0.145 e. The average molecular weight is 77.1 g/mol. The molecule has 0 atom stereocenters. The van der Waals surface area contributed by atoms with Gasteiger partial charge in [-0.25, -0.2) is 0 Å². The van der Waals surface area contributed by atoms with Crippen molar-refractivity contribution >= 4 is 0 Å². The standard InChI is InChI=1S/C3H8O2/c1-4-3-5-2/h3H2,1-2H3/i3D. The molecule has 0 aliphatic carbocycles. The van der Waals surface area contributed by atoms with Gasteiger partial charge in [0.15, 0.2) is 0 Å². The molecule has 2 heteroatoms. The molecule has 0 saturated heterocycles. The predicted molar refractivity (Wildman–Crippen MR) is 18.9 cm³/mol. The lowest BCUT2D eigenvalue weighted by molar-refractivity contribution is -0.00271. The van der Waals surface area contributed by atoms with Crippen molar-refractivity contribution in [3.63, 3.8) is 0 Å². The number of rotatable bonds is 2. The molecular weight excluding hydrogens is 68.0 g/mol. The highest BCUT2D eigenvalue weighted by Crippen LogP contribution is 1.60. The summed E-state index contributed by atoms with van der Waals surface area (Å²) in [4.78, 5) is 0. The molecule has 0 amide bonds. The van der Waals surface area contributed by atoms with Crippen LogP contribution in [-0.2, 0) is 9.47 Å². The third-order valence-corrected chi connectivity index (χ3v) is 0.192. The van der Waals surface area contributed by atoms with Crippen molar-refractivity contribution in [2.24, 2.45) is 0 Å². The molecule has 0 aromatic heterocycles. The molecule has 0 spiro atoms. The van der Waals surface area contributed by atoms with Gasteiger partial charge in [-0.1, -0.05) is 0 Å².